The molecule has 2 fully saturated rings. The van der Waals surface area contributed by atoms with Gasteiger partial charge in [-0.3, -0.25) is 4.79 Å². The van der Waals surface area contributed by atoms with Gasteiger partial charge in [0.05, 0.1) is 6.04 Å². The number of rotatable bonds is 4. The van der Waals surface area contributed by atoms with Crippen LogP contribution in [0, 0.1) is 5.92 Å². The van der Waals surface area contributed by atoms with Crippen LogP contribution >= 0.6 is 0 Å². The summed E-state index contributed by atoms with van der Waals surface area (Å²) in [7, 11) is 2.20. The van der Waals surface area contributed by atoms with Crippen LogP contribution in [0.5, 0.6) is 0 Å². The molecule has 0 aromatic carbocycles. The predicted octanol–water partition coefficient (Wildman–Crippen LogP) is 1.32. The molecule has 4 nitrogen and oxygen atoms in total. The molecule has 19 heavy (non-hydrogen) atoms. The lowest BCUT2D eigenvalue weighted by Gasteiger charge is -2.36. The highest BCUT2D eigenvalue weighted by Gasteiger charge is 2.30. The number of nitrogens with zero attached hydrogens (tertiary/aromatic N) is 2. The van der Waals surface area contributed by atoms with Crippen LogP contribution in [0.25, 0.3) is 0 Å². The molecule has 0 saturated carbocycles. The SMILES string of the molecule is CC(C)N(C)CC1CCN(C(=O)C2CCCN2)CC1. The van der Waals surface area contributed by atoms with Crippen molar-refractivity contribution < 1.29 is 4.79 Å². The summed E-state index contributed by atoms with van der Waals surface area (Å²) in [5.41, 5.74) is 0. The summed E-state index contributed by atoms with van der Waals surface area (Å²) in [5, 5.41) is 3.31. The Bertz CT molecular complexity index is 292. The van der Waals surface area contributed by atoms with Crippen molar-refractivity contribution >= 4 is 5.91 Å². The van der Waals surface area contributed by atoms with Crippen LogP contribution in [0.1, 0.15) is 39.5 Å². The highest BCUT2D eigenvalue weighted by Crippen LogP contribution is 2.20. The van der Waals surface area contributed by atoms with E-state index in [0.29, 0.717) is 11.9 Å². The second-order valence-corrected chi connectivity index (χ2v) is 6.45. The third-order valence-electron chi connectivity index (χ3n) is 4.71. The van der Waals surface area contributed by atoms with E-state index >= 15 is 0 Å². The molecule has 110 valence electrons. The summed E-state index contributed by atoms with van der Waals surface area (Å²) >= 11 is 0. The number of carbonyl (C=O) groups excluding carboxylic acids is 1. The molecule has 0 radical (unpaired) electrons. The van der Waals surface area contributed by atoms with Crippen molar-refractivity contribution in [1.29, 1.82) is 0 Å². The van der Waals surface area contributed by atoms with E-state index in [-0.39, 0.29) is 6.04 Å². The van der Waals surface area contributed by atoms with Crippen LogP contribution in [-0.4, -0.2) is 61.0 Å². The lowest BCUT2D eigenvalue weighted by molar-refractivity contribution is -0.134. The average Bonchev–Trinajstić information content (AvgIpc) is 2.92. The summed E-state index contributed by atoms with van der Waals surface area (Å²) in [6, 6.07) is 0.720. The number of hydrogen-bond donors (Lipinski definition) is 1. The van der Waals surface area contributed by atoms with Gasteiger partial charge in [-0.15, -0.1) is 0 Å². The number of amides is 1. The molecule has 0 spiro atoms. The number of carbonyl (C=O) groups is 1. The van der Waals surface area contributed by atoms with E-state index in [0.717, 1.165) is 51.2 Å². The monoisotopic (exact) mass is 267 g/mol. The molecular weight excluding hydrogens is 238 g/mol. The first-order chi connectivity index (χ1) is 9.08. The van der Waals surface area contributed by atoms with E-state index in [1.807, 2.05) is 0 Å². The molecule has 2 aliphatic heterocycles. The van der Waals surface area contributed by atoms with E-state index < -0.39 is 0 Å². The molecule has 1 unspecified atom stereocenters. The summed E-state index contributed by atoms with van der Waals surface area (Å²) in [6.45, 7) is 8.56. The fraction of sp³-hybridized carbons (Fsp3) is 0.933. The van der Waals surface area contributed by atoms with E-state index in [2.05, 4.69) is 36.0 Å². The van der Waals surface area contributed by atoms with Gasteiger partial charge in [-0.25, -0.2) is 0 Å². The number of nitrogens with one attached hydrogen (secondary N) is 1. The Hall–Kier alpha value is -0.610. The maximum atomic E-state index is 12.3. The van der Waals surface area contributed by atoms with Crippen LogP contribution in [0.15, 0.2) is 0 Å². The first kappa shape index (κ1) is 14.8. The largest absolute Gasteiger partial charge is 0.341 e. The molecule has 0 aliphatic carbocycles. The normalized spacial score (nSPS) is 25.5. The van der Waals surface area contributed by atoms with Gasteiger partial charge >= 0.3 is 0 Å². The number of likely N-dealkylation sites (tertiary alicyclic amines) is 1. The first-order valence-corrected chi connectivity index (χ1v) is 7.80. The molecule has 2 aliphatic rings. The minimum absolute atomic E-state index is 0.106. The molecule has 4 heteroatoms. The minimum Gasteiger partial charge on any atom is -0.341 e. The maximum absolute atomic E-state index is 12.3. The molecule has 1 N–H and O–H groups in total. The van der Waals surface area contributed by atoms with Gasteiger partial charge in [0.25, 0.3) is 0 Å². The Morgan fingerprint density at radius 3 is 2.53 bits per heavy atom. The topological polar surface area (TPSA) is 35.6 Å². The summed E-state index contributed by atoms with van der Waals surface area (Å²) in [5.74, 6) is 1.10. The van der Waals surface area contributed by atoms with Gasteiger partial charge in [0.15, 0.2) is 0 Å². The van der Waals surface area contributed by atoms with E-state index in [1.165, 1.54) is 6.54 Å². The second-order valence-electron chi connectivity index (χ2n) is 6.45. The van der Waals surface area contributed by atoms with Gasteiger partial charge in [0.2, 0.25) is 5.91 Å². The molecule has 0 bridgehead atoms. The molecule has 1 atom stereocenters. The van der Waals surface area contributed by atoms with Gasteiger partial charge in [0.1, 0.15) is 0 Å². The molecule has 0 aromatic rings. The Labute approximate surface area is 117 Å². The molecular formula is C15H29N3O. The lowest BCUT2D eigenvalue weighted by atomic mass is 9.95. The first-order valence-electron chi connectivity index (χ1n) is 7.80. The van der Waals surface area contributed by atoms with E-state index in [1.54, 1.807) is 0 Å². The zero-order chi connectivity index (χ0) is 13.8. The van der Waals surface area contributed by atoms with Gasteiger partial charge in [-0.1, -0.05) is 0 Å². The van der Waals surface area contributed by atoms with Gasteiger partial charge in [0, 0.05) is 25.7 Å². The van der Waals surface area contributed by atoms with Crippen molar-refractivity contribution in [3.63, 3.8) is 0 Å². The Morgan fingerprint density at radius 1 is 1.32 bits per heavy atom. The lowest BCUT2D eigenvalue weighted by Crippen LogP contribution is -2.48. The Balaban J connectivity index is 1.74. The summed E-state index contributed by atoms with van der Waals surface area (Å²) < 4.78 is 0. The average molecular weight is 267 g/mol. The zero-order valence-electron chi connectivity index (χ0n) is 12.7. The maximum Gasteiger partial charge on any atom is 0.239 e. The third-order valence-corrected chi connectivity index (χ3v) is 4.71. The quantitative estimate of drug-likeness (QED) is 0.834. The predicted molar refractivity (Wildman–Crippen MR) is 78.1 cm³/mol. The van der Waals surface area contributed by atoms with Crippen LogP contribution in [0.4, 0.5) is 0 Å². The van der Waals surface area contributed by atoms with Crippen molar-refractivity contribution in [3.05, 3.63) is 0 Å². The van der Waals surface area contributed by atoms with Crippen LogP contribution in [-0.2, 0) is 4.79 Å². The molecule has 0 aromatic heterocycles. The number of piperidine rings is 1. The van der Waals surface area contributed by atoms with Crippen molar-refractivity contribution in [3.8, 4) is 0 Å². The van der Waals surface area contributed by atoms with Gasteiger partial charge < -0.3 is 15.1 Å². The molecule has 2 rings (SSSR count). The Kier molecular flexibility index (Phi) is 5.22. The van der Waals surface area contributed by atoms with Gasteiger partial charge in [-0.2, -0.15) is 0 Å². The van der Waals surface area contributed by atoms with Crippen molar-refractivity contribution in [2.75, 3.05) is 33.2 Å². The zero-order valence-corrected chi connectivity index (χ0v) is 12.7. The minimum atomic E-state index is 0.106. The van der Waals surface area contributed by atoms with Crippen molar-refractivity contribution in [1.82, 2.24) is 15.1 Å². The fourth-order valence-corrected chi connectivity index (χ4v) is 3.07. The summed E-state index contributed by atoms with van der Waals surface area (Å²) in [6.07, 6.45) is 4.49. The van der Waals surface area contributed by atoms with E-state index in [4.69, 9.17) is 0 Å². The van der Waals surface area contributed by atoms with Gasteiger partial charge in [-0.05, 0) is 59.0 Å². The van der Waals surface area contributed by atoms with Crippen LogP contribution in [0.2, 0.25) is 0 Å². The second kappa shape index (κ2) is 6.71. The van der Waals surface area contributed by atoms with E-state index in [9.17, 15) is 4.79 Å². The highest BCUT2D eigenvalue weighted by atomic mass is 16.2. The van der Waals surface area contributed by atoms with Crippen molar-refractivity contribution in [2.24, 2.45) is 5.92 Å². The molecule has 1 amide bonds. The smallest absolute Gasteiger partial charge is 0.239 e. The molecule has 2 saturated heterocycles. The summed E-state index contributed by atoms with van der Waals surface area (Å²) in [4.78, 5) is 16.8. The highest BCUT2D eigenvalue weighted by molar-refractivity contribution is 5.82. The standard InChI is InChI=1S/C15H29N3O/c1-12(2)17(3)11-13-6-9-18(10-7-13)15(19)14-5-4-8-16-14/h12-14,16H,4-11H2,1-3H3. The number of hydrogen-bond acceptors (Lipinski definition) is 3. The van der Waals surface area contributed by atoms with Crippen LogP contribution < -0.4 is 5.32 Å². The van der Waals surface area contributed by atoms with Crippen LogP contribution in [0.3, 0.4) is 0 Å². The fourth-order valence-electron chi connectivity index (χ4n) is 3.07. The van der Waals surface area contributed by atoms with Crippen molar-refractivity contribution in [2.45, 2.75) is 51.6 Å². The molecule has 2 heterocycles. The third kappa shape index (κ3) is 3.93. The Morgan fingerprint density at radius 2 is 2.00 bits per heavy atom.